The molecule has 1 atom stereocenters. The van der Waals surface area contributed by atoms with E-state index in [9.17, 15) is 5.11 Å². The molecule has 0 aromatic rings. The summed E-state index contributed by atoms with van der Waals surface area (Å²) in [4.78, 5) is 0. The predicted molar refractivity (Wildman–Crippen MR) is 28.6 cm³/mol. The molecule has 0 aliphatic heterocycles. The van der Waals surface area contributed by atoms with E-state index in [-0.39, 0.29) is 5.76 Å². The van der Waals surface area contributed by atoms with Gasteiger partial charge in [0.2, 0.25) is 0 Å². The lowest BCUT2D eigenvalue weighted by Crippen LogP contribution is -2.07. The second-order valence-corrected chi connectivity index (χ2v) is 2.09. The molecule has 2 nitrogen and oxygen atoms in total. The molecule has 2 heteroatoms. The van der Waals surface area contributed by atoms with Crippen LogP contribution in [0.3, 0.4) is 0 Å². The summed E-state index contributed by atoms with van der Waals surface area (Å²) in [6, 6.07) is 0. The number of aliphatic hydroxyl groups excluding tert-OH is 1. The average Bonchev–Trinajstić information content (AvgIpc) is 1.64. The molecule has 0 heterocycles. The van der Waals surface area contributed by atoms with Crippen molar-refractivity contribution in [1.29, 1.82) is 0 Å². The van der Waals surface area contributed by atoms with E-state index in [0.29, 0.717) is 6.42 Å². The van der Waals surface area contributed by atoms with Gasteiger partial charge in [0.1, 0.15) is 0 Å². The molecule has 0 amide bonds. The van der Waals surface area contributed by atoms with Gasteiger partial charge in [0.15, 0.2) is 5.76 Å². The lowest BCUT2D eigenvalue weighted by molar-refractivity contribution is 0.175. The molecule has 1 radical (unpaired) electrons. The third-order valence-electron chi connectivity index (χ3n) is 1.30. The van der Waals surface area contributed by atoms with Crippen LogP contribution in [0.5, 0.6) is 0 Å². The van der Waals surface area contributed by atoms with Crippen LogP contribution < -0.4 is 0 Å². The summed E-state index contributed by atoms with van der Waals surface area (Å²) in [6.45, 7) is 0. The molecule has 0 saturated carbocycles. The van der Waals surface area contributed by atoms with Crippen molar-refractivity contribution < 1.29 is 10.2 Å². The minimum Gasteiger partial charge on any atom is -0.389 e. The molecule has 45 valence electrons. The van der Waals surface area contributed by atoms with Crippen molar-refractivity contribution in [2.45, 2.75) is 25.4 Å². The van der Waals surface area contributed by atoms with Crippen molar-refractivity contribution in [2.24, 2.45) is 0 Å². The summed E-state index contributed by atoms with van der Waals surface area (Å²) >= 11 is 0. The number of allylic oxidation sites excluding steroid dienone is 1. The SMILES string of the molecule is [O]C1=CC(O)CCC1. The fraction of sp³-hybridized carbons (Fsp3) is 0.667. The van der Waals surface area contributed by atoms with Crippen molar-refractivity contribution >= 4 is 0 Å². The molecule has 0 spiro atoms. The fourth-order valence-electron chi connectivity index (χ4n) is 0.867. The normalized spacial score (nSPS) is 29.6. The molecular weight excluding hydrogens is 104 g/mol. The van der Waals surface area contributed by atoms with Crippen LogP contribution in [-0.4, -0.2) is 11.2 Å². The van der Waals surface area contributed by atoms with E-state index in [4.69, 9.17) is 5.11 Å². The largest absolute Gasteiger partial charge is 0.389 e. The first kappa shape index (κ1) is 5.63. The van der Waals surface area contributed by atoms with Crippen LogP contribution in [0.2, 0.25) is 0 Å². The van der Waals surface area contributed by atoms with Crippen molar-refractivity contribution in [3.8, 4) is 0 Å². The van der Waals surface area contributed by atoms with Crippen LogP contribution in [0.15, 0.2) is 11.8 Å². The molecule has 0 aromatic carbocycles. The van der Waals surface area contributed by atoms with Gasteiger partial charge in [0, 0.05) is 6.42 Å². The van der Waals surface area contributed by atoms with E-state index in [1.807, 2.05) is 0 Å². The Morgan fingerprint density at radius 3 is 2.88 bits per heavy atom. The van der Waals surface area contributed by atoms with Crippen LogP contribution in [0.1, 0.15) is 19.3 Å². The van der Waals surface area contributed by atoms with Crippen molar-refractivity contribution in [2.75, 3.05) is 0 Å². The maximum absolute atomic E-state index is 10.5. The zero-order valence-electron chi connectivity index (χ0n) is 4.63. The summed E-state index contributed by atoms with van der Waals surface area (Å²) in [5, 5.41) is 19.3. The highest BCUT2D eigenvalue weighted by atomic mass is 16.3. The van der Waals surface area contributed by atoms with E-state index in [0.717, 1.165) is 12.8 Å². The minimum absolute atomic E-state index is 0.0868. The van der Waals surface area contributed by atoms with Gasteiger partial charge in [-0.3, -0.25) is 5.11 Å². The summed E-state index contributed by atoms with van der Waals surface area (Å²) in [5.41, 5.74) is 0. The Morgan fingerprint density at radius 1 is 1.75 bits per heavy atom. The molecule has 8 heavy (non-hydrogen) atoms. The summed E-state index contributed by atoms with van der Waals surface area (Å²) < 4.78 is 0. The lowest BCUT2D eigenvalue weighted by atomic mass is 10.0. The quantitative estimate of drug-likeness (QED) is 0.497. The Kier molecular flexibility index (Phi) is 1.53. The summed E-state index contributed by atoms with van der Waals surface area (Å²) in [7, 11) is 0. The van der Waals surface area contributed by atoms with Crippen molar-refractivity contribution in [3.05, 3.63) is 11.8 Å². The van der Waals surface area contributed by atoms with Gasteiger partial charge in [-0.1, -0.05) is 0 Å². The molecule has 0 saturated heterocycles. The van der Waals surface area contributed by atoms with E-state index in [2.05, 4.69) is 0 Å². The number of rotatable bonds is 0. The fourth-order valence-corrected chi connectivity index (χ4v) is 0.867. The maximum atomic E-state index is 10.5. The van der Waals surface area contributed by atoms with Crippen molar-refractivity contribution in [3.63, 3.8) is 0 Å². The third-order valence-corrected chi connectivity index (χ3v) is 1.30. The van der Waals surface area contributed by atoms with Gasteiger partial charge in [-0.25, -0.2) is 0 Å². The Balaban J connectivity index is 2.50. The van der Waals surface area contributed by atoms with Gasteiger partial charge in [-0.05, 0) is 18.9 Å². The lowest BCUT2D eigenvalue weighted by Gasteiger charge is -2.09. The number of hydrogen-bond donors (Lipinski definition) is 1. The second kappa shape index (κ2) is 2.18. The molecule has 1 N–H and O–H groups in total. The first-order valence-electron chi connectivity index (χ1n) is 2.85. The van der Waals surface area contributed by atoms with E-state index >= 15 is 0 Å². The molecule has 1 aliphatic rings. The second-order valence-electron chi connectivity index (χ2n) is 2.09. The monoisotopic (exact) mass is 113 g/mol. The van der Waals surface area contributed by atoms with Crippen LogP contribution in [0, 0.1) is 0 Å². The molecular formula is C6H9O2. The molecule has 0 aromatic heterocycles. The average molecular weight is 113 g/mol. The Morgan fingerprint density at radius 2 is 2.50 bits per heavy atom. The topological polar surface area (TPSA) is 40.1 Å². The van der Waals surface area contributed by atoms with Gasteiger partial charge in [-0.2, -0.15) is 0 Å². The first-order valence-corrected chi connectivity index (χ1v) is 2.85. The van der Waals surface area contributed by atoms with Gasteiger partial charge in [0.25, 0.3) is 0 Å². The van der Waals surface area contributed by atoms with E-state index in [1.54, 1.807) is 0 Å². The van der Waals surface area contributed by atoms with Gasteiger partial charge in [-0.15, -0.1) is 0 Å². The van der Waals surface area contributed by atoms with Gasteiger partial charge >= 0.3 is 0 Å². The zero-order valence-corrected chi connectivity index (χ0v) is 4.63. The Labute approximate surface area is 48.5 Å². The third kappa shape index (κ3) is 1.23. The van der Waals surface area contributed by atoms with E-state index < -0.39 is 6.10 Å². The number of aliphatic hydroxyl groups is 1. The first-order chi connectivity index (χ1) is 3.79. The van der Waals surface area contributed by atoms with Crippen LogP contribution in [-0.2, 0) is 5.11 Å². The van der Waals surface area contributed by atoms with Crippen LogP contribution in [0.4, 0.5) is 0 Å². The Hall–Kier alpha value is -0.500. The Bertz CT molecular complexity index is 107. The van der Waals surface area contributed by atoms with Gasteiger partial charge < -0.3 is 5.11 Å². The summed E-state index contributed by atoms with van der Waals surface area (Å²) in [5.74, 6) is 0.0868. The van der Waals surface area contributed by atoms with Crippen LogP contribution in [0.25, 0.3) is 0 Å². The highest BCUT2D eigenvalue weighted by molar-refractivity contribution is 4.99. The summed E-state index contributed by atoms with van der Waals surface area (Å²) in [6.07, 6.45) is 3.15. The molecule has 0 fully saturated rings. The molecule has 0 bridgehead atoms. The van der Waals surface area contributed by atoms with Crippen molar-refractivity contribution in [1.82, 2.24) is 0 Å². The van der Waals surface area contributed by atoms with Crippen LogP contribution >= 0.6 is 0 Å². The smallest absolute Gasteiger partial charge is 0.154 e. The number of hydrogen-bond acceptors (Lipinski definition) is 1. The zero-order chi connectivity index (χ0) is 5.98. The molecule has 1 rings (SSSR count). The highest BCUT2D eigenvalue weighted by Gasteiger charge is 2.09. The highest BCUT2D eigenvalue weighted by Crippen LogP contribution is 2.15. The molecule has 1 unspecified atom stereocenters. The molecule has 1 aliphatic carbocycles. The van der Waals surface area contributed by atoms with Gasteiger partial charge in [0.05, 0.1) is 6.10 Å². The minimum atomic E-state index is -0.462. The maximum Gasteiger partial charge on any atom is 0.154 e. The predicted octanol–water partition coefficient (Wildman–Crippen LogP) is 0.846. The van der Waals surface area contributed by atoms with E-state index in [1.165, 1.54) is 6.08 Å². The standard InChI is InChI=1S/C6H9O2/c7-5-2-1-3-6(8)4-5/h4-5,7H,1-3H2.